The van der Waals surface area contributed by atoms with Crippen molar-refractivity contribution in [2.75, 3.05) is 13.2 Å². The predicted octanol–water partition coefficient (Wildman–Crippen LogP) is 0.683. The van der Waals surface area contributed by atoms with Crippen LogP contribution in [0.1, 0.15) is 37.7 Å². The monoisotopic (exact) mass is 209 g/mol. The maximum absolute atomic E-state index is 9.31. The molecule has 1 spiro atoms. The van der Waals surface area contributed by atoms with Crippen molar-refractivity contribution in [3.63, 3.8) is 0 Å². The van der Waals surface area contributed by atoms with Gasteiger partial charge in [-0.1, -0.05) is 0 Å². The number of rotatable bonds is 2. The summed E-state index contributed by atoms with van der Waals surface area (Å²) < 4.78 is 7.10. The fraction of sp³-hybridized carbons (Fsp3) is 0.800. The van der Waals surface area contributed by atoms with E-state index in [0.717, 1.165) is 26.1 Å². The van der Waals surface area contributed by atoms with Gasteiger partial charge in [-0.2, -0.15) is 5.10 Å². The van der Waals surface area contributed by atoms with Crippen LogP contribution in [-0.4, -0.2) is 33.1 Å². The van der Waals surface area contributed by atoms with Gasteiger partial charge >= 0.3 is 0 Å². The first-order chi connectivity index (χ1) is 7.19. The lowest BCUT2D eigenvalue weighted by Crippen LogP contribution is -2.52. The molecule has 1 saturated carbocycles. The van der Waals surface area contributed by atoms with Gasteiger partial charge in [-0.3, -0.25) is 0 Å². The summed E-state index contributed by atoms with van der Waals surface area (Å²) in [5.74, 6) is 0.515. The number of hydrogen-bond donors (Lipinski definition) is 1. The zero-order valence-corrected chi connectivity index (χ0v) is 8.76. The summed E-state index contributed by atoms with van der Waals surface area (Å²) in [6, 6.07) is 0.453. The average molecular weight is 209 g/mol. The van der Waals surface area contributed by atoms with Crippen molar-refractivity contribution < 1.29 is 9.84 Å². The molecule has 1 aliphatic heterocycles. The zero-order valence-electron chi connectivity index (χ0n) is 8.76. The minimum atomic E-state index is -0.577. The van der Waals surface area contributed by atoms with Crippen LogP contribution in [0.25, 0.3) is 0 Å². The average Bonchev–Trinajstić information content (AvgIpc) is 2.47. The molecule has 5 heteroatoms. The van der Waals surface area contributed by atoms with Gasteiger partial charge in [0, 0.05) is 5.41 Å². The second kappa shape index (κ2) is 3.02. The van der Waals surface area contributed by atoms with Crippen molar-refractivity contribution in [3.05, 3.63) is 12.2 Å². The second-order valence-corrected chi connectivity index (χ2v) is 4.81. The van der Waals surface area contributed by atoms with E-state index in [2.05, 4.69) is 10.1 Å². The Bertz CT molecular complexity index is 362. The van der Waals surface area contributed by atoms with Gasteiger partial charge in [0.25, 0.3) is 0 Å². The number of nitrogens with zero attached hydrogens (tertiary/aromatic N) is 3. The third-order valence-corrected chi connectivity index (χ3v) is 3.43. The largest absolute Gasteiger partial charge is 0.385 e. The lowest BCUT2D eigenvalue weighted by atomic mass is 9.64. The minimum Gasteiger partial charge on any atom is -0.385 e. The van der Waals surface area contributed by atoms with Gasteiger partial charge in [0.2, 0.25) is 0 Å². The van der Waals surface area contributed by atoms with E-state index in [0.29, 0.717) is 17.3 Å². The Morgan fingerprint density at radius 3 is 2.80 bits per heavy atom. The lowest BCUT2D eigenvalue weighted by molar-refractivity contribution is -0.176. The Hall–Kier alpha value is -0.940. The molecule has 0 aromatic carbocycles. The quantitative estimate of drug-likeness (QED) is 0.778. The highest BCUT2D eigenvalue weighted by Crippen LogP contribution is 2.52. The highest BCUT2D eigenvalue weighted by molar-refractivity contribution is 5.01. The van der Waals surface area contributed by atoms with E-state index < -0.39 is 6.10 Å². The first-order valence-electron chi connectivity index (χ1n) is 5.35. The maximum atomic E-state index is 9.31. The molecule has 1 aromatic rings. The molecule has 15 heavy (non-hydrogen) atoms. The van der Waals surface area contributed by atoms with Gasteiger partial charge in [0.15, 0.2) is 5.82 Å². The predicted molar refractivity (Wildman–Crippen MR) is 52.2 cm³/mol. The van der Waals surface area contributed by atoms with Gasteiger partial charge in [-0.05, 0) is 19.8 Å². The van der Waals surface area contributed by atoms with Crippen molar-refractivity contribution in [3.8, 4) is 0 Å². The molecule has 1 atom stereocenters. The summed E-state index contributed by atoms with van der Waals surface area (Å²) in [6.45, 7) is 3.49. The summed E-state index contributed by atoms with van der Waals surface area (Å²) >= 11 is 0. The van der Waals surface area contributed by atoms with Crippen LogP contribution < -0.4 is 0 Å². The van der Waals surface area contributed by atoms with Crippen molar-refractivity contribution in [2.24, 2.45) is 5.41 Å². The van der Waals surface area contributed by atoms with Crippen LogP contribution in [0.2, 0.25) is 0 Å². The van der Waals surface area contributed by atoms with Crippen LogP contribution in [0.15, 0.2) is 6.33 Å². The standard InChI is InChI=1S/C10H15N3O2/c1-7(14)9-11-6-13(12-9)8-2-10(3-8)4-15-5-10/h6-8,14H,2-5H2,1H3. The molecule has 1 aliphatic carbocycles. The molecule has 2 fully saturated rings. The smallest absolute Gasteiger partial charge is 0.178 e. The van der Waals surface area contributed by atoms with Gasteiger partial charge in [-0.15, -0.1) is 0 Å². The lowest BCUT2D eigenvalue weighted by Gasteiger charge is -2.52. The molecule has 0 amide bonds. The summed E-state index contributed by atoms with van der Waals surface area (Å²) in [5, 5.41) is 13.6. The van der Waals surface area contributed by atoms with Crippen LogP contribution in [0.4, 0.5) is 0 Å². The highest BCUT2D eigenvalue weighted by atomic mass is 16.5. The SMILES string of the molecule is CC(O)c1ncn(C2CC3(COC3)C2)n1. The molecule has 1 saturated heterocycles. The Kier molecular flexibility index (Phi) is 1.87. The zero-order chi connectivity index (χ0) is 10.5. The van der Waals surface area contributed by atoms with E-state index in [1.807, 2.05) is 4.68 Å². The molecule has 0 radical (unpaired) electrons. The van der Waals surface area contributed by atoms with Crippen molar-refractivity contribution in [1.82, 2.24) is 14.8 Å². The molecule has 1 aromatic heterocycles. The molecule has 82 valence electrons. The molecular weight excluding hydrogens is 194 g/mol. The Morgan fingerprint density at radius 2 is 2.33 bits per heavy atom. The topological polar surface area (TPSA) is 60.2 Å². The van der Waals surface area contributed by atoms with Crippen LogP contribution in [0.5, 0.6) is 0 Å². The number of hydrogen-bond acceptors (Lipinski definition) is 4. The summed E-state index contributed by atoms with van der Waals surface area (Å²) in [7, 11) is 0. The second-order valence-electron chi connectivity index (χ2n) is 4.81. The fourth-order valence-corrected chi connectivity index (χ4v) is 2.41. The van der Waals surface area contributed by atoms with E-state index in [-0.39, 0.29) is 0 Å². The van der Waals surface area contributed by atoms with E-state index in [1.165, 1.54) is 0 Å². The molecule has 1 unspecified atom stereocenters. The fourth-order valence-electron chi connectivity index (χ4n) is 2.41. The van der Waals surface area contributed by atoms with Gasteiger partial charge in [0.05, 0.1) is 19.3 Å². The van der Waals surface area contributed by atoms with E-state index in [1.54, 1.807) is 13.3 Å². The molecule has 3 rings (SSSR count). The normalized spacial score (nSPS) is 26.0. The number of aliphatic hydroxyl groups is 1. The van der Waals surface area contributed by atoms with Crippen LogP contribution >= 0.6 is 0 Å². The summed E-state index contributed by atoms with van der Waals surface area (Å²) in [4.78, 5) is 4.08. The Morgan fingerprint density at radius 1 is 1.60 bits per heavy atom. The van der Waals surface area contributed by atoms with Gasteiger partial charge < -0.3 is 9.84 Å². The van der Waals surface area contributed by atoms with E-state index >= 15 is 0 Å². The Labute approximate surface area is 88.1 Å². The van der Waals surface area contributed by atoms with Crippen molar-refractivity contribution in [1.29, 1.82) is 0 Å². The highest BCUT2D eigenvalue weighted by Gasteiger charge is 2.50. The van der Waals surface area contributed by atoms with Gasteiger partial charge in [0.1, 0.15) is 12.4 Å². The van der Waals surface area contributed by atoms with Crippen LogP contribution in [-0.2, 0) is 4.74 Å². The van der Waals surface area contributed by atoms with E-state index in [9.17, 15) is 5.11 Å². The Balaban J connectivity index is 1.67. The van der Waals surface area contributed by atoms with Crippen LogP contribution in [0.3, 0.4) is 0 Å². The van der Waals surface area contributed by atoms with Crippen molar-refractivity contribution in [2.45, 2.75) is 31.9 Å². The molecule has 5 nitrogen and oxygen atoms in total. The summed E-state index contributed by atoms with van der Waals surface area (Å²) in [6.07, 6.45) is 3.41. The maximum Gasteiger partial charge on any atom is 0.178 e. The molecule has 1 N–H and O–H groups in total. The van der Waals surface area contributed by atoms with Crippen molar-refractivity contribution >= 4 is 0 Å². The van der Waals surface area contributed by atoms with E-state index in [4.69, 9.17) is 4.74 Å². The molecular formula is C10H15N3O2. The van der Waals surface area contributed by atoms with Gasteiger partial charge in [-0.25, -0.2) is 9.67 Å². The number of aliphatic hydroxyl groups excluding tert-OH is 1. The summed E-state index contributed by atoms with van der Waals surface area (Å²) in [5.41, 5.74) is 0.446. The first kappa shape index (κ1) is 9.30. The van der Waals surface area contributed by atoms with Crippen LogP contribution in [0, 0.1) is 5.41 Å². The third-order valence-electron chi connectivity index (χ3n) is 3.43. The number of ether oxygens (including phenoxy) is 1. The molecule has 0 bridgehead atoms. The molecule has 2 aliphatic rings. The molecule has 2 heterocycles. The first-order valence-corrected chi connectivity index (χ1v) is 5.35. The minimum absolute atomic E-state index is 0.446. The number of aromatic nitrogens is 3. The third kappa shape index (κ3) is 1.38.